The van der Waals surface area contributed by atoms with E-state index in [2.05, 4.69) is 34.4 Å². The van der Waals surface area contributed by atoms with E-state index in [1.807, 2.05) is 6.08 Å². The molecule has 0 unspecified atom stereocenters. The van der Waals surface area contributed by atoms with Crippen LogP contribution in [0.1, 0.15) is 19.8 Å². The second-order valence-corrected chi connectivity index (χ2v) is 20.2. The summed E-state index contributed by atoms with van der Waals surface area (Å²) < 4.78 is 1.40. The summed E-state index contributed by atoms with van der Waals surface area (Å²) in [5, 5.41) is 0. The van der Waals surface area contributed by atoms with Gasteiger partial charge in [-0.15, -0.1) is 0 Å². The third kappa shape index (κ3) is 6.96. The molecular formula is C11H22Sn. The van der Waals surface area contributed by atoms with Gasteiger partial charge in [0, 0.05) is 0 Å². The van der Waals surface area contributed by atoms with Crippen LogP contribution in [0.3, 0.4) is 0 Å². The maximum absolute atomic E-state index is 3.76. The first-order valence-corrected chi connectivity index (χ1v) is 15.4. The minimum absolute atomic E-state index is 1.26. The SMILES string of the molecule is C=C/C=C(/CCC)[CH2][Sn]([CH3])([CH3])[CH3]. The van der Waals surface area contributed by atoms with Gasteiger partial charge in [0.05, 0.1) is 0 Å². The van der Waals surface area contributed by atoms with Crippen LogP contribution in [0.2, 0.25) is 19.3 Å². The van der Waals surface area contributed by atoms with Crippen molar-refractivity contribution in [3.8, 4) is 0 Å². The molecule has 0 N–H and O–H groups in total. The minimum atomic E-state index is -1.59. The Kier molecular flexibility index (Phi) is 5.98. The zero-order valence-corrected chi connectivity index (χ0v) is 11.8. The van der Waals surface area contributed by atoms with Crippen molar-refractivity contribution in [2.45, 2.75) is 39.0 Å². The van der Waals surface area contributed by atoms with Crippen molar-refractivity contribution in [3.63, 3.8) is 0 Å². The third-order valence-electron chi connectivity index (χ3n) is 1.68. The summed E-state index contributed by atoms with van der Waals surface area (Å²) in [7, 11) is 0. The van der Waals surface area contributed by atoms with Crippen molar-refractivity contribution >= 4 is 18.4 Å². The Morgan fingerprint density at radius 2 is 1.92 bits per heavy atom. The average Bonchev–Trinajstić information content (AvgIpc) is 1.84. The Morgan fingerprint density at radius 1 is 1.33 bits per heavy atom. The number of rotatable bonds is 5. The molecule has 0 amide bonds. The normalized spacial score (nSPS) is 13.2. The van der Waals surface area contributed by atoms with Crippen molar-refractivity contribution in [3.05, 3.63) is 24.3 Å². The van der Waals surface area contributed by atoms with Gasteiger partial charge in [0.15, 0.2) is 0 Å². The van der Waals surface area contributed by atoms with Gasteiger partial charge in [0.1, 0.15) is 0 Å². The Balaban J connectivity index is 4.14. The molecule has 0 aromatic carbocycles. The van der Waals surface area contributed by atoms with Gasteiger partial charge in [-0.05, 0) is 0 Å². The molecule has 0 radical (unpaired) electrons. The van der Waals surface area contributed by atoms with Gasteiger partial charge < -0.3 is 0 Å². The molecule has 0 fully saturated rings. The standard InChI is InChI=1S/C8H13.3CH3.Sn/c1-4-6-8(3)7-5-2;;;;/h4,6H,1,3,5,7H2,2H3;3*1H3;/b8-6+;;;;. The van der Waals surface area contributed by atoms with E-state index in [4.69, 9.17) is 0 Å². The Labute approximate surface area is 81.6 Å². The van der Waals surface area contributed by atoms with Crippen molar-refractivity contribution in [2.75, 3.05) is 0 Å². The maximum atomic E-state index is 3.76. The summed E-state index contributed by atoms with van der Waals surface area (Å²) in [5.41, 5.74) is 1.62. The molecule has 0 saturated carbocycles. The van der Waals surface area contributed by atoms with E-state index in [1.165, 1.54) is 17.3 Å². The van der Waals surface area contributed by atoms with Crippen LogP contribution in [-0.4, -0.2) is 18.4 Å². The molecule has 0 aromatic heterocycles. The van der Waals surface area contributed by atoms with Crippen LogP contribution in [0, 0.1) is 0 Å². The molecule has 12 heavy (non-hydrogen) atoms. The topological polar surface area (TPSA) is 0 Å². The van der Waals surface area contributed by atoms with E-state index in [-0.39, 0.29) is 0 Å². The molecule has 0 aliphatic heterocycles. The summed E-state index contributed by atoms with van der Waals surface area (Å²) in [6.07, 6.45) is 6.68. The van der Waals surface area contributed by atoms with Crippen LogP contribution < -0.4 is 0 Å². The summed E-state index contributed by atoms with van der Waals surface area (Å²) in [6.45, 7) is 6.00. The second-order valence-electron chi connectivity index (χ2n) is 4.55. The molecule has 0 aliphatic carbocycles. The number of hydrogen-bond donors (Lipinski definition) is 0. The van der Waals surface area contributed by atoms with E-state index in [1.54, 1.807) is 5.57 Å². The molecule has 0 spiro atoms. The molecule has 0 heterocycles. The van der Waals surface area contributed by atoms with E-state index in [0.717, 1.165) is 0 Å². The van der Waals surface area contributed by atoms with Crippen LogP contribution in [-0.2, 0) is 0 Å². The molecule has 0 rings (SSSR count). The quantitative estimate of drug-likeness (QED) is 0.519. The molecule has 0 aliphatic rings. The van der Waals surface area contributed by atoms with Crippen molar-refractivity contribution in [2.24, 2.45) is 0 Å². The zero-order valence-electron chi connectivity index (χ0n) is 8.98. The Hall–Kier alpha value is 0.279. The van der Waals surface area contributed by atoms with Crippen LogP contribution in [0.4, 0.5) is 0 Å². The fourth-order valence-corrected chi connectivity index (χ4v) is 6.13. The first-order valence-electron chi connectivity index (χ1n) is 4.80. The fraction of sp³-hybridized carbons (Fsp3) is 0.636. The van der Waals surface area contributed by atoms with Gasteiger partial charge in [0.25, 0.3) is 0 Å². The summed E-state index contributed by atoms with van der Waals surface area (Å²) >= 11 is -1.59. The van der Waals surface area contributed by atoms with E-state index >= 15 is 0 Å². The van der Waals surface area contributed by atoms with Crippen LogP contribution in [0.25, 0.3) is 0 Å². The molecule has 0 nitrogen and oxygen atoms in total. The molecule has 0 saturated heterocycles. The zero-order chi connectivity index (χ0) is 9.61. The molecule has 0 atom stereocenters. The van der Waals surface area contributed by atoms with E-state index in [9.17, 15) is 0 Å². The average molecular weight is 273 g/mol. The number of allylic oxidation sites excluding steroid dienone is 3. The third-order valence-corrected chi connectivity index (χ3v) is 6.01. The first kappa shape index (κ1) is 12.3. The van der Waals surface area contributed by atoms with Crippen molar-refractivity contribution in [1.82, 2.24) is 0 Å². The molecule has 1 heteroatoms. The van der Waals surface area contributed by atoms with E-state index in [0.29, 0.717) is 0 Å². The molecule has 70 valence electrons. The fourth-order valence-electron chi connectivity index (χ4n) is 1.40. The van der Waals surface area contributed by atoms with Crippen molar-refractivity contribution in [1.29, 1.82) is 0 Å². The summed E-state index contributed by atoms with van der Waals surface area (Å²) in [5.74, 6) is 0. The molecule has 0 aromatic rings. The van der Waals surface area contributed by atoms with Crippen LogP contribution in [0.15, 0.2) is 24.3 Å². The summed E-state index contributed by atoms with van der Waals surface area (Å²) in [4.78, 5) is 7.46. The Bertz CT molecular complexity index is 160. The van der Waals surface area contributed by atoms with E-state index < -0.39 is 18.4 Å². The summed E-state index contributed by atoms with van der Waals surface area (Å²) in [6, 6.07) is 0. The molecule has 0 bridgehead atoms. The van der Waals surface area contributed by atoms with Gasteiger partial charge in [-0.25, -0.2) is 0 Å². The first-order chi connectivity index (χ1) is 5.49. The predicted octanol–water partition coefficient (Wildman–Crippen LogP) is 4.24. The van der Waals surface area contributed by atoms with Gasteiger partial charge in [-0.2, -0.15) is 0 Å². The van der Waals surface area contributed by atoms with Gasteiger partial charge in [-0.3, -0.25) is 0 Å². The van der Waals surface area contributed by atoms with Crippen molar-refractivity contribution < 1.29 is 0 Å². The van der Waals surface area contributed by atoms with Gasteiger partial charge in [-0.1, -0.05) is 0 Å². The predicted molar refractivity (Wildman–Crippen MR) is 61.3 cm³/mol. The second kappa shape index (κ2) is 5.84. The van der Waals surface area contributed by atoms with Gasteiger partial charge in [0.2, 0.25) is 0 Å². The van der Waals surface area contributed by atoms with Crippen LogP contribution >= 0.6 is 0 Å². The molecular weight excluding hydrogens is 251 g/mol. The van der Waals surface area contributed by atoms with Gasteiger partial charge >= 0.3 is 81.7 Å². The Morgan fingerprint density at radius 3 is 2.25 bits per heavy atom. The monoisotopic (exact) mass is 274 g/mol. The number of hydrogen-bond acceptors (Lipinski definition) is 0. The van der Waals surface area contributed by atoms with Crippen LogP contribution in [0.5, 0.6) is 0 Å².